The number of benzene rings is 1. The van der Waals surface area contributed by atoms with Crippen LogP contribution in [0.5, 0.6) is 0 Å². The van der Waals surface area contributed by atoms with E-state index < -0.39 is 0 Å². The highest BCUT2D eigenvalue weighted by Crippen LogP contribution is 2.28. The van der Waals surface area contributed by atoms with Crippen molar-refractivity contribution in [2.75, 3.05) is 0 Å². The Morgan fingerprint density at radius 3 is 2.60 bits per heavy atom. The molecule has 1 aromatic rings. The van der Waals surface area contributed by atoms with Gasteiger partial charge < -0.3 is 5.11 Å². The SMILES string of the molecule is CCC=C1C=C(O)C(=O)c2ccccc21. The van der Waals surface area contributed by atoms with Crippen molar-refractivity contribution in [2.45, 2.75) is 13.3 Å². The number of hydrogen-bond donors (Lipinski definition) is 1. The predicted octanol–water partition coefficient (Wildman–Crippen LogP) is 3.12. The van der Waals surface area contributed by atoms with Crippen LogP contribution in [0.3, 0.4) is 0 Å². The predicted molar refractivity (Wildman–Crippen MR) is 59.8 cm³/mol. The maximum Gasteiger partial charge on any atom is 0.227 e. The summed E-state index contributed by atoms with van der Waals surface area (Å²) in [7, 11) is 0. The molecule has 1 aliphatic rings. The van der Waals surface area contributed by atoms with Gasteiger partial charge in [-0.25, -0.2) is 0 Å². The molecule has 0 amide bonds. The van der Waals surface area contributed by atoms with E-state index in [4.69, 9.17) is 0 Å². The first-order valence-electron chi connectivity index (χ1n) is 4.99. The zero-order valence-corrected chi connectivity index (χ0v) is 8.53. The van der Waals surface area contributed by atoms with Gasteiger partial charge in [-0.3, -0.25) is 4.79 Å². The highest BCUT2D eigenvalue weighted by Gasteiger charge is 2.21. The molecule has 15 heavy (non-hydrogen) atoms. The Morgan fingerprint density at radius 2 is 1.93 bits per heavy atom. The molecular formula is C13H12O2. The Labute approximate surface area is 88.6 Å². The van der Waals surface area contributed by atoms with Gasteiger partial charge in [0.2, 0.25) is 5.78 Å². The normalized spacial score (nSPS) is 17.5. The number of Topliss-reactive ketones (excluding diaryl/α,β-unsaturated/α-hetero) is 1. The lowest BCUT2D eigenvalue weighted by Gasteiger charge is -2.14. The fraction of sp³-hybridized carbons (Fsp3) is 0.154. The fourth-order valence-electron chi connectivity index (χ4n) is 1.75. The van der Waals surface area contributed by atoms with Crippen LogP contribution in [0.15, 0.2) is 42.2 Å². The molecular weight excluding hydrogens is 188 g/mol. The van der Waals surface area contributed by atoms with E-state index in [-0.39, 0.29) is 11.5 Å². The molecule has 0 saturated heterocycles. The molecule has 0 unspecified atom stereocenters. The molecule has 0 heterocycles. The lowest BCUT2D eigenvalue weighted by Crippen LogP contribution is -2.10. The average molecular weight is 200 g/mol. The second-order valence-electron chi connectivity index (χ2n) is 3.47. The first-order chi connectivity index (χ1) is 7.24. The van der Waals surface area contributed by atoms with E-state index in [0.29, 0.717) is 5.56 Å². The molecule has 0 aliphatic heterocycles. The van der Waals surface area contributed by atoms with E-state index in [1.54, 1.807) is 12.1 Å². The number of carbonyl (C=O) groups is 1. The maximum absolute atomic E-state index is 11.6. The molecule has 0 radical (unpaired) electrons. The number of aliphatic hydroxyl groups is 1. The van der Waals surface area contributed by atoms with Crippen LogP contribution in [0.1, 0.15) is 29.3 Å². The summed E-state index contributed by atoms with van der Waals surface area (Å²) < 4.78 is 0. The summed E-state index contributed by atoms with van der Waals surface area (Å²) in [5, 5.41) is 9.49. The van der Waals surface area contributed by atoms with Crippen molar-refractivity contribution in [2.24, 2.45) is 0 Å². The van der Waals surface area contributed by atoms with Crippen LogP contribution < -0.4 is 0 Å². The molecule has 0 bridgehead atoms. The lowest BCUT2D eigenvalue weighted by atomic mass is 9.90. The van der Waals surface area contributed by atoms with Crippen LogP contribution in [-0.4, -0.2) is 10.9 Å². The van der Waals surface area contributed by atoms with Crippen LogP contribution in [0.2, 0.25) is 0 Å². The van der Waals surface area contributed by atoms with Gasteiger partial charge in [-0.05, 0) is 23.6 Å². The fourth-order valence-corrected chi connectivity index (χ4v) is 1.75. The summed E-state index contributed by atoms with van der Waals surface area (Å²) in [6, 6.07) is 7.34. The van der Waals surface area contributed by atoms with E-state index >= 15 is 0 Å². The number of rotatable bonds is 1. The molecule has 0 spiro atoms. The van der Waals surface area contributed by atoms with Gasteiger partial charge in [0.05, 0.1) is 0 Å². The smallest absolute Gasteiger partial charge is 0.227 e. The van der Waals surface area contributed by atoms with Crippen molar-refractivity contribution >= 4 is 11.4 Å². The quantitative estimate of drug-likeness (QED) is 0.756. The summed E-state index contributed by atoms with van der Waals surface area (Å²) in [4.78, 5) is 11.6. The largest absolute Gasteiger partial charge is 0.504 e. The van der Waals surface area contributed by atoms with Gasteiger partial charge in [0.1, 0.15) is 0 Å². The topological polar surface area (TPSA) is 37.3 Å². The van der Waals surface area contributed by atoms with Gasteiger partial charge >= 0.3 is 0 Å². The highest BCUT2D eigenvalue weighted by molar-refractivity contribution is 6.14. The standard InChI is InChI=1S/C13H12O2/c1-2-5-9-8-12(14)13(15)11-7-4-3-6-10(9)11/h3-8,14H,2H2,1H3. The zero-order chi connectivity index (χ0) is 10.8. The van der Waals surface area contributed by atoms with Gasteiger partial charge in [-0.1, -0.05) is 37.3 Å². The van der Waals surface area contributed by atoms with Gasteiger partial charge in [-0.2, -0.15) is 0 Å². The maximum atomic E-state index is 11.6. The van der Waals surface area contributed by atoms with Crippen molar-refractivity contribution in [3.63, 3.8) is 0 Å². The molecule has 76 valence electrons. The minimum absolute atomic E-state index is 0.173. The number of ketones is 1. The lowest BCUT2D eigenvalue weighted by molar-refractivity contribution is 0.0976. The van der Waals surface area contributed by atoms with Crippen LogP contribution in [0, 0.1) is 0 Å². The Balaban J connectivity index is 2.63. The van der Waals surface area contributed by atoms with E-state index in [0.717, 1.165) is 17.6 Å². The van der Waals surface area contributed by atoms with Crippen molar-refractivity contribution in [1.29, 1.82) is 0 Å². The second-order valence-corrected chi connectivity index (χ2v) is 3.47. The zero-order valence-electron chi connectivity index (χ0n) is 8.53. The molecule has 0 saturated carbocycles. The number of carbonyl (C=O) groups excluding carboxylic acids is 1. The summed E-state index contributed by atoms with van der Waals surface area (Å²) >= 11 is 0. The molecule has 0 aromatic heterocycles. The monoisotopic (exact) mass is 200 g/mol. The molecule has 1 aliphatic carbocycles. The van der Waals surface area contributed by atoms with Crippen molar-refractivity contribution < 1.29 is 9.90 Å². The third kappa shape index (κ3) is 1.59. The highest BCUT2D eigenvalue weighted by atomic mass is 16.3. The minimum atomic E-state index is -0.293. The molecule has 0 fully saturated rings. The molecule has 0 atom stereocenters. The number of allylic oxidation sites excluding steroid dienone is 4. The van der Waals surface area contributed by atoms with Crippen molar-refractivity contribution in [1.82, 2.24) is 0 Å². The second kappa shape index (κ2) is 3.73. The Hall–Kier alpha value is -1.83. The van der Waals surface area contributed by atoms with Gasteiger partial charge in [0.15, 0.2) is 5.76 Å². The van der Waals surface area contributed by atoms with Gasteiger partial charge in [-0.15, -0.1) is 0 Å². The van der Waals surface area contributed by atoms with E-state index in [1.165, 1.54) is 6.08 Å². The summed E-state index contributed by atoms with van der Waals surface area (Å²) in [5.41, 5.74) is 2.41. The molecule has 2 rings (SSSR count). The number of fused-ring (bicyclic) bond motifs is 1. The van der Waals surface area contributed by atoms with Crippen LogP contribution in [-0.2, 0) is 0 Å². The minimum Gasteiger partial charge on any atom is -0.504 e. The van der Waals surface area contributed by atoms with E-state index in [1.807, 2.05) is 25.1 Å². The third-order valence-electron chi connectivity index (χ3n) is 2.43. The molecule has 2 heteroatoms. The first kappa shape index (κ1) is 9.71. The van der Waals surface area contributed by atoms with Crippen molar-refractivity contribution in [3.8, 4) is 0 Å². The van der Waals surface area contributed by atoms with Gasteiger partial charge in [0, 0.05) is 5.56 Å². The Morgan fingerprint density at radius 1 is 1.27 bits per heavy atom. The number of hydrogen-bond acceptors (Lipinski definition) is 2. The molecule has 2 nitrogen and oxygen atoms in total. The summed E-state index contributed by atoms with van der Waals surface area (Å²) in [6.07, 6.45) is 4.41. The van der Waals surface area contributed by atoms with Crippen LogP contribution in [0.4, 0.5) is 0 Å². The first-order valence-corrected chi connectivity index (χ1v) is 4.99. The van der Waals surface area contributed by atoms with E-state index in [9.17, 15) is 9.90 Å². The van der Waals surface area contributed by atoms with Gasteiger partial charge in [0.25, 0.3) is 0 Å². The van der Waals surface area contributed by atoms with E-state index in [2.05, 4.69) is 0 Å². The average Bonchev–Trinajstić information content (AvgIpc) is 2.26. The summed E-state index contributed by atoms with van der Waals surface area (Å²) in [5.74, 6) is -0.466. The van der Waals surface area contributed by atoms with Crippen LogP contribution in [0.25, 0.3) is 5.57 Å². The Kier molecular flexibility index (Phi) is 2.42. The number of aliphatic hydroxyl groups excluding tert-OH is 1. The molecule has 1 N–H and O–H groups in total. The van der Waals surface area contributed by atoms with Crippen LogP contribution >= 0.6 is 0 Å². The molecule has 1 aromatic carbocycles. The third-order valence-corrected chi connectivity index (χ3v) is 2.43. The summed E-state index contributed by atoms with van der Waals surface area (Å²) in [6.45, 7) is 2.02. The van der Waals surface area contributed by atoms with Crippen molar-refractivity contribution in [3.05, 3.63) is 53.3 Å². The Bertz CT molecular complexity index is 467.